The van der Waals surface area contributed by atoms with Crippen LogP contribution >= 0.6 is 0 Å². The highest BCUT2D eigenvalue weighted by Gasteiger charge is 2.32. The van der Waals surface area contributed by atoms with Gasteiger partial charge in [-0.25, -0.2) is 0 Å². The van der Waals surface area contributed by atoms with E-state index < -0.39 is 0 Å². The third-order valence-corrected chi connectivity index (χ3v) is 4.67. The predicted octanol–water partition coefficient (Wildman–Crippen LogP) is 2.83. The number of nitrogens with zero attached hydrogens (tertiary/aromatic N) is 2. The SMILES string of the molecule is COc1ccc(OC)c(C(=O)N2CCN(C)C[C@H]2c2ccccc2)c1. The molecule has 2 aromatic rings. The van der Waals surface area contributed by atoms with Crippen molar-refractivity contribution in [1.82, 2.24) is 9.80 Å². The Morgan fingerprint density at radius 1 is 1.04 bits per heavy atom. The number of amides is 1. The molecule has 1 saturated heterocycles. The molecule has 0 unspecified atom stereocenters. The number of benzene rings is 2. The van der Waals surface area contributed by atoms with Crippen molar-refractivity contribution < 1.29 is 14.3 Å². The first-order valence-corrected chi connectivity index (χ1v) is 8.40. The second-order valence-corrected chi connectivity index (χ2v) is 6.25. The molecule has 1 amide bonds. The molecule has 0 aromatic heterocycles. The molecule has 3 rings (SSSR count). The molecule has 1 aliphatic rings. The molecule has 0 radical (unpaired) electrons. The molecule has 1 aliphatic heterocycles. The van der Waals surface area contributed by atoms with Gasteiger partial charge in [-0.1, -0.05) is 30.3 Å². The van der Waals surface area contributed by atoms with E-state index in [1.54, 1.807) is 32.4 Å². The van der Waals surface area contributed by atoms with Crippen LogP contribution in [0.15, 0.2) is 48.5 Å². The maximum Gasteiger partial charge on any atom is 0.258 e. The third-order valence-electron chi connectivity index (χ3n) is 4.67. The lowest BCUT2D eigenvalue weighted by molar-refractivity contribution is 0.0494. The van der Waals surface area contributed by atoms with Gasteiger partial charge in [-0.2, -0.15) is 0 Å². The summed E-state index contributed by atoms with van der Waals surface area (Å²) in [6.07, 6.45) is 0. The van der Waals surface area contributed by atoms with Crippen LogP contribution in [-0.4, -0.2) is 56.6 Å². The van der Waals surface area contributed by atoms with Crippen LogP contribution in [0.4, 0.5) is 0 Å². The normalized spacial score (nSPS) is 18.0. The van der Waals surface area contributed by atoms with Crippen LogP contribution in [0.25, 0.3) is 0 Å². The Labute approximate surface area is 148 Å². The summed E-state index contributed by atoms with van der Waals surface area (Å²) in [6, 6.07) is 15.5. The fourth-order valence-corrected chi connectivity index (χ4v) is 3.26. The van der Waals surface area contributed by atoms with Crippen molar-refractivity contribution in [3.63, 3.8) is 0 Å². The highest BCUT2D eigenvalue weighted by Crippen LogP contribution is 2.31. The second kappa shape index (κ2) is 7.57. The average molecular weight is 340 g/mol. The molecule has 5 nitrogen and oxygen atoms in total. The van der Waals surface area contributed by atoms with Crippen molar-refractivity contribution in [2.45, 2.75) is 6.04 Å². The number of hydrogen-bond donors (Lipinski definition) is 0. The number of carbonyl (C=O) groups is 1. The maximum atomic E-state index is 13.3. The smallest absolute Gasteiger partial charge is 0.258 e. The highest BCUT2D eigenvalue weighted by molar-refractivity contribution is 5.97. The Morgan fingerprint density at radius 3 is 2.48 bits per heavy atom. The van der Waals surface area contributed by atoms with Gasteiger partial charge in [0.1, 0.15) is 11.5 Å². The largest absolute Gasteiger partial charge is 0.497 e. The van der Waals surface area contributed by atoms with Crippen molar-refractivity contribution in [2.24, 2.45) is 0 Å². The molecule has 1 heterocycles. The van der Waals surface area contributed by atoms with E-state index in [1.807, 2.05) is 23.1 Å². The summed E-state index contributed by atoms with van der Waals surface area (Å²) < 4.78 is 10.7. The molecule has 1 atom stereocenters. The number of methoxy groups -OCH3 is 2. The lowest BCUT2D eigenvalue weighted by Gasteiger charge is -2.40. The second-order valence-electron chi connectivity index (χ2n) is 6.25. The molecule has 2 aromatic carbocycles. The zero-order valence-corrected chi connectivity index (χ0v) is 14.9. The Balaban J connectivity index is 1.96. The van der Waals surface area contributed by atoms with Crippen LogP contribution in [0.3, 0.4) is 0 Å². The summed E-state index contributed by atoms with van der Waals surface area (Å²) in [4.78, 5) is 17.5. The minimum absolute atomic E-state index is 0.0170. The summed E-state index contributed by atoms with van der Waals surface area (Å²) in [5.74, 6) is 1.18. The molecule has 0 bridgehead atoms. The number of ether oxygens (including phenoxy) is 2. The van der Waals surface area contributed by atoms with Crippen LogP contribution < -0.4 is 9.47 Å². The molecule has 0 N–H and O–H groups in total. The molecule has 0 aliphatic carbocycles. The van der Waals surface area contributed by atoms with Gasteiger partial charge in [0.15, 0.2) is 0 Å². The minimum atomic E-state index is -0.0299. The van der Waals surface area contributed by atoms with Gasteiger partial charge in [0.05, 0.1) is 25.8 Å². The summed E-state index contributed by atoms with van der Waals surface area (Å²) in [5, 5.41) is 0. The zero-order valence-electron chi connectivity index (χ0n) is 14.9. The number of piperazine rings is 1. The van der Waals surface area contributed by atoms with E-state index >= 15 is 0 Å². The molecule has 0 spiro atoms. The van der Waals surface area contributed by atoms with E-state index in [0.717, 1.165) is 18.7 Å². The summed E-state index contributed by atoms with van der Waals surface area (Å²) >= 11 is 0. The molecule has 0 saturated carbocycles. The Morgan fingerprint density at radius 2 is 1.80 bits per heavy atom. The van der Waals surface area contributed by atoms with Crippen LogP contribution in [-0.2, 0) is 0 Å². The van der Waals surface area contributed by atoms with E-state index in [2.05, 4.69) is 24.1 Å². The topological polar surface area (TPSA) is 42.0 Å². The fraction of sp³-hybridized carbons (Fsp3) is 0.350. The van der Waals surface area contributed by atoms with Gasteiger partial charge in [0.2, 0.25) is 0 Å². The third kappa shape index (κ3) is 3.61. The first-order valence-electron chi connectivity index (χ1n) is 8.40. The Kier molecular flexibility index (Phi) is 5.24. The van der Waals surface area contributed by atoms with Crippen molar-refractivity contribution in [3.8, 4) is 11.5 Å². The molecule has 132 valence electrons. The molecule has 1 fully saturated rings. The van der Waals surface area contributed by atoms with Gasteiger partial charge in [-0.15, -0.1) is 0 Å². The van der Waals surface area contributed by atoms with E-state index in [9.17, 15) is 4.79 Å². The van der Waals surface area contributed by atoms with Crippen LogP contribution in [0.1, 0.15) is 22.0 Å². The molecular formula is C20H24N2O3. The van der Waals surface area contributed by atoms with Crippen molar-refractivity contribution >= 4 is 5.91 Å². The van der Waals surface area contributed by atoms with Crippen molar-refractivity contribution in [1.29, 1.82) is 0 Å². The van der Waals surface area contributed by atoms with Gasteiger partial charge in [-0.05, 0) is 30.8 Å². The van der Waals surface area contributed by atoms with Crippen LogP contribution in [0, 0.1) is 0 Å². The Hall–Kier alpha value is -2.53. The quantitative estimate of drug-likeness (QED) is 0.858. The summed E-state index contributed by atoms with van der Waals surface area (Å²) in [6.45, 7) is 2.33. The van der Waals surface area contributed by atoms with Crippen molar-refractivity contribution in [3.05, 3.63) is 59.7 Å². The van der Waals surface area contributed by atoms with E-state index in [1.165, 1.54) is 0 Å². The van der Waals surface area contributed by atoms with Crippen LogP contribution in [0.2, 0.25) is 0 Å². The van der Waals surface area contributed by atoms with E-state index in [-0.39, 0.29) is 11.9 Å². The first kappa shape index (κ1) is 17.3. The summed E-state index contributed by atoms with van der Waals surface area (Å²) in [7, 11) is 5.26. The predicted molar refractivity (Wildman–Crippen MR) is 97.3 cm³/mol. The van der Waals surface area contributed by atoms with Gasteiger partial charge < -0.3 is 19.3 Å². The highest BCUT2D eigenvalue weighted by atomic mass is 16.5. The van der Waals surface area contributed by atoms with Gasteiger partial charge in [0.25, 0.3) is 5.91 Å². The first-order chi connectivity index (χ1) is 12.1. The van der Waals surface area contributed by atoms with E-state index in [4.69, 9.17) is 9.47 Å². The molecular weight excluding hydrogens is 316 g/mol. The van der Waals surface area contributed by atoms with E-state index in [0.29, 0.717) is 23.6 Å². The lowest BCUT2D eigenvalue weighted by atomic mass is 10.0. The van der Waals surface area contributed by atoms with Gasteiger partial charge in [-0.3, -0.25) is 4.79 Å². The van der Waals surface area contributed by atoms with Gasteiger partial charge >= 0.3 is 0 Å². The standard InChI is InChI=1S/C20H24N2O3/c1-21-11-12-22(18(14-21)15-7-5-4-6-8-15)20(23)17-13-16(24-2)9-10-19(17)25-3/h4-10,13,18H,11-12,14H2,1-3H3/t18-/m0/s1. The monoisotopic (exact) mass is 340 g/mol. The van der Waals surface area contributed by atoms with Crippen molar-refractivity contribution in [2.75, 3.05) is 40.9 Å². The fourth-order valence-electron chi connectivity index (χ4n) is 3.26. The lowest BCUT2D eigenvalue weighted by Crippen LogP contribution is -2.49. The average Bonchev–Trinajstić information content (AvgIpc) is 2.67. The van der Waals surface area contributed by atoms with Crippen LogP contribution in [0.5, 0.6) is 11.5 Å². The maximum absolute atomic E-state index is 13.3. The number of rotatable bonds is 4. The molecule has 5 heteroatoms. The number of hydrogen-bond acceptors (Lipinski definition) is 4. The summed E-state index contributed by atoms with van der Waals surface area (Å²) in [5.41, 5.74) is 1.68. The minimum Gasteiger partial charge on any atom is -0.497 e. The zero-order chi connectivity index (χ0) is 17.8. The number of likely N-dealkylation sites (N-methyl/N-ethyl adjacent to an activating group) is 1. The Bertz CT molecular complexity index is 733. The molecule has 25 heavy (non-hydrogen) atoms. The number of carbonyl (C=O) groups excluding carboxylic acids is 1. The van der Waals surface area contributed by atoms with Gasteiger partial charge in [0, 0.05) is 19.6 Å².